The fourth-order valence-corrected chi connectivity index (χ4v) is 2.17. The van der Waals surface area contributed by atoms with E-state index in [0.29, 0.717) is 0 Å². The lowest BCUT2D eigenvalue weighted by molar-refractivity contribution is -0.157. The Bertz CT molecular complexity index is 397. The minimum Gasteiger partial charge on any atom is -0.452 e. The quantitative estimate of drug-likeness (QED) is 0.395. The second-order valence-electron chi connectivity index (χ2n) is 4.60. The van der Waals surface area contributed by atoms with Crippen molar-refractivity contribution in [1.82, 2.24) is 0 Å². The zero-order valence-corrected chi connectivity index (χ0v) is 12.4. The molecule has 0 aliphatic heterocycles. The van der Waals surface area contributed by atoms with E-state index in [1.165, 1.54) is 0 Å². The molecule has 5 nitrogen and oxygen atoms in total. The summed E-state index contributed by atoms with van der Waals surface area (Å²) >= 11 is 0. The van der Waals surface area contributed by atoms with Crippen molar-refractivity contribution in [3.63, 3.8) is 0 Å². The van der Waals surface area contributed by atoms with Gasteiger partial charge in [0.15, 0.2) is 27.6 Å². The Labute approximate surface area is 114 Å². The van der Waals surface area contributed by atoms with Crippen LogP contribution in [0.1, 0.15) is 6.42 Å². The molecule has 6 heteroatoms. The van der Waals surface area contributed by atoms with Gasteiger partial charge in [-0.2, -0.15) is 0 Å². The number of carbonyl (C=O) groups is 2. The Morgan fingerprint density at radius 2 is 1.63 bits per heavy atom. The molecule has 104 valence electrons. The van der Waals surface area contributed by atoms with Crippen LogP contribution in [0.5, 0.6) is 0 Å². The monoisotopic (exact) mass is 282 g/mol. The third-order valence-electron chi connectivity index (χ3n) is 1.73. The Balaban J connectivity index is 4.59. The van der Waals surface area contributed by atoms with Crippen molar-refractivity contribution >= 4 is 20.3 Å². The normalized spacial score (nSPS) is 11.8. The molecule has 1 unspecified atom stereocenters. The maximum atomic E-state index is 11.7. The molecule has 0 fully saturated rings. The van der Waals surface area contributed by atoms with Crippen LogP contribution in [0.15, 0.2) is 0 Å². The van der Waals surface area contributed by atoms with E-state index in [4.69, 9.17) is 26.7 Å². The molecule has 0 bridgehead atoms. The van der Waals surface area contributed by atoms with Gasteiger partial charge in [0, 0.05) is 0 Å². The van der Waals surface area contributed by atoms with Crippen LogP contribution in [0.2, 0.25) is 19.6 Å². The number of rotatable bonds is 7. The minimum atomic E-state index is -2.02. The topological polar surface area (TPSA) is 61.8 Å². The van der Waals surface area contributed by atoms with Crippen LogP contribution in [0.4, 0.5) is 0 Å². The Morgan fingerprint density at radius 3 is 2.11 bits per heavy atom. The fourth-order valence-electron chi connectivity index (χ4n) is 1.14. The first-order valence-corrected chi connectivity index (χ1v) is 9.08. The SMILES string of the molecule is C#CCOC(=O)CC(O[Si](C)(C)C)C(=O)OCC#C. The molecule has 0 radical (unpaired) electrons. The first-order chi connectivity index (χ1) is 8.80. The average molecular weight is 282 g/mol. The van der Waals surface area contributed by atoms with E-state index < -0.39 is 26.4 Å². The number of hydrogen-bond donors (Lipinski definition) is 0. The third kappa shape index (κ3) is 8.89. The van der Waals surface area contributed by atoms with Gasteiger partial charge < -0.3 is 13.9 Å². The van der Waals surface area contributed by atoms with E-state index in [2.05, 4.69) is 11.8 Å². The lowest BCUT2D eigenvalue weighted by Gasteiger charge is -2.24. The Hall–Kier alpha value is -1.76. The van der Waals surface area contributed by atoms with Gasteiger partial charge in [-0.25, -0.2) is 4.79 Å². The van der Waals surface area contributed by atoms with Crippen LogP contribution < -0.4 is 0 Å². The van der Waals surface area contributed by atoms with Gasteiger partial charge in [0.25, 0.3) is 0 Å². The molecular formula is C13H18O5Si. The molecule has 0 aliphatic rings. The summed E-state index contributed by atoms with van der Waals surface area (Å²) in [6, 6.07) is 0. The number of esters is 2. The van der Waals surface area contributed by atoms with Gasteiger partial charge in [0.1, 0.15) is 0 Å². The lowest BCUT2D eigenvalue weighted by Crippen LogP contribution is -2.39. The molecule has 0 rings (SSSR count). The summed E-state index contributed by atoms with van der Waals surface area (Å²) in [7, 11) is -2.02. The van der Waals surface area contributed by atoms with Crippen LogP contribution >= 0.6 is 0 Å². The van der Waals surface area contributed by atoms with Crippen LogP contribution in [0.3, 0.4) is 0 Å². The summed E-state index contributed by atoms with van der Waals surface area (Å²) in [6.45, 7) is 5.37. The molecule has 0 aromatic carbocycles. The Morgan fingerprint density at radius 1 is 1.11 bits per heavy atom. The summed E-state index contributed by atoms with van der Waals surface area (Å²) in [5.74, 6) is 3.06. The van der Waals surface area contributed by atoms with E-state index in [1.54, 1.807) is 0 Å². The van der Waals surface area contributed by atoms with Gasteiger partial charge in [0.05, 0.1) is 6.42 Å². The molecule has 0 N–H and O–H groups in total. The van der Waals surface area contributed by atoms with Crippen LogP contribution in [0.25, 0.3) is 0 Å². The average Bonchev–Trinajstić information content (AvgIpc) is 2.30. The largest absolute Gasteiger partial charge is 0.452 e. The van der Waals surface area contributed by atoms with Crippen LogP contribution in [0, 0.1) is 24.7 Å². The molecule has 1 atom stereocenters. The van der Waals surface area contributed by atoms with E-state index in [1.807, 2.05) is 19.6 Å². The van der Waals surface area contributed by atoms with Gasteiger partial charge in [-0.15, -0.1) is 12.8 Å². The van der Waals surface area contributed by atoms with Crippen molar-refractivity contribution in [1.29, 1.82) is 0 Å². The zero-order chi connectivity index (χ0) is 14.9. The highest BCUT2D eigenvalue weighted by molar-refractivity contribution is 6.69. The predicted octanol–water partition coefficient (Wildman–Crippen LogP) is 0.949. The van der Waals surface area contributed by atoms with Crippen LogP contribution in [-0.2, 0) is 23.5 Å². The highest BCUT2D eigenvalue weighted by Gasteiger charge is 2.30. The van der Waals surface area contributed by atoms with Crippen molar-refractivity contribution in [3.8, 4) is 24.7 Å². The molecule has 0 saturated carbocycles. The van der Waals surface area contributed by atoms with Crippen molar-refractivity contribution in [2.75, 3.05) is 13.2 Å². The summed E-state index contributed by atoms with van der Waals surface area (Å²) in [5, 5.41) is 0. The highest BCUT2D eigenvalue weighted by atomic mass is 28.4. The molecule has 0 aliphatic carbocycles. The second kappa shape index (κ2) is 8.36. The maximum absolute atomic E-state index is 11.7. The van der Waals surface area contributed by atoms with E-state index >= 15 is 0 Å². The fraction of sp³-hybridized carbons (Fsp3) is 0.538. The molecular weight excluding hydrogens is 264 g/mol. The zero-order valence-electron chi connectivity index (χ0n) is 11.4. The molecule has 0 heterocycles. The number of carbonyl (C=O) groups excluding carboxylic acids is 2. The van der Waals surface area contributed by atoms with E-state index in [0.717, 1.165) is 0 Å². The Kier molecular flexibility index (Phi) is 7.58. The molecule has 0 saturated heterocycles. The molecule has 0 amide bonds. The third-order valence-corrected chi connectivity index (χ3v) is 2.72. The van der Waals surface area contributed by atoms with Crippen LogP contribution in [-0.4, -0.2) is 39.6 Å². The second-order valence-corrected chi connectivity index (χ2v) is 9.06. The number of ether oxygens (including phenoxy) is 2. The van der Waals surface area contributed by atoms with E-state index in [-0.39, 0.29) is 19.6 Å². The number of hydrogen-bond acceptors (Lipinski definition) is 5. The lowest BCUT2D eigenvalue weighted by atomic mass is 10.2. The van der Waals surface area contributed by atoms with Gasteiger partial charge in [-0.05, 0) is 19.6 Å². The smallest absolute Gasteiger partial charge is 0.335 e. The standard InChI is InChI=1S/C13H18O5Si/c1-6-8-16-12(14)10-11(18-19(3,4)5)13(15)17-9-7-2/h1-2,11H,8-10H2,3-5H3. The van der Waals surface area contributed by atoms with Gasteiger partial charge in [-0.1, -0.05) is 11.8 Å². The minimum absolute atomic E-state index is 0.141. The highest BCUT2D eigenvalue weighted by Crippen LogP contribution is 2.12. The first kappa shape index (κ1) is 17.2. The van der Waals surface area contributed by atoms with Crippen molar-refractivity contribution in [2.24, 2.45) is 0 Å². The molecule has 0 aromatic rings. The van der Waals surface area contributed by atoms with Crippen molar-refractivity contribution < 1.29 is 23.5 Å². The van der Waals surface area contributed by atoms with Crippen molar-refractivity contribution in [3.05, 3.63) is 0 Å². The van der Waals surface area contributed by atoms with Gasteiger partial charge >= 0.3 is 11.9 Å². The summed E-state index contributed by atoms with van der Waals surface area (Å²) < 4.78 is 15.1. The maximum Gasteiger partial charge on any atom is 0.335 e. The van der Waals surface area contributed by atoms with Crippen molar-refractivity contribution in [2.45, 2.75) is 32.2 Å². The molecule has 0 spiro atoms. The molecule has 0 aromatic heterocycles. The first-order valence-electron chi connectivity index (χ1n) is 5.67. The summed E-state index contributed by atoms with van der Waals surface area (Å²) in [5.41, 5.74) is 0. The number of terminal acetylenes is 2. The summed E-state index contributed by atoms with van der Waals surface area (Å²) in [4.78, 5) is 23.2. The predicted molar refractivity (Wildman–Crippen MR) is 72.4 cm³/mol. The van der Waals surface area contributed by atoms with Gasteiger partial charge in [-0.3, -0.25) is 4.79 Å². The summed E-state index contributed by atoms with van der Waals surface area (Å²) in [6.07, 6.45) is 8.72. The molecule has 19 heavy (non-hydrogen) atoms. The van der Waals surface area contributed by atoms with E-state index in [9.17, 15) is 9.59 Å². The van der Waals surface area contributed by atoms with Gasteiger partial charge in [0.2, 0.25) is 0 Å².